The topological polar surface area (TPSA) is 40.6 Å². The Hall–Kier alpha value is -0.900. The number of likely N-dealkylation sites (tertiary alicyclic amines) is 1. The van der Waals surface area contributed by atoms with E-state index in [1.807, 2.05) is 0 Å². The van der Waals surface area contributed by atoms with Crippen LogP contribution >= 0.6 is 0 Å². The van der Waals surface area contributed by atoms with Gasteiger partial charge in [-0.15, -0.1) is 0 Å². The van der Waals surface area contributed by atoms with Crippen molar-refractivity contribution in [2.24, 2.45) is 5.92 Å². The van der Waals surface area contributed by atoms with Crippen molar-refractivity contribution >= 4 is 12.2 Å². The molecule has 120 valence electrons. The standard InChI is InChI=1S/C17H30N2O2/c1-14(2)19(16-8-4-3-5-9-16)17(21)12-18-10-6-7-15(11-18)13-20/h13-16H,3-12H2,1-2H3. The number of rotatable bonds is 5. The summed E-state index contributed by atoms with van der Waals surface area (Å²) in [7, 11) is 0. The lowest BCUT2D eigenvalue weighted by Gasteiger charge is -2.39. The van der Waals surface area contributed by atoms with E-state index in [2.05, 4.69) is 23.6 Å². The Morgan fingerprint density at radius 1 is 1.19 bits per heavy atom. The van der Waals surface area contributed by atoms with Gasteiger partial charge in [-0.1, -0.05) is 19.3 Å². The molecular weight excluding hydrogens is 264 g/mol. The zero-order chi connectivity index (χ0) is 15.2. The largest absolute Gasteiger partial charge is 0.336 e. The van der Waals surface area contributed by atoms with Gasteiger partial charge < -0.3 is 9.69 Å². The molecule has 2 fully saturated rings. The zero-order valence-electron chi connectivity index (χ0n) is 13.6. The maximum absolute atomic E-state index is 12.7. The second kappa shape index (κ2) is 7.92. The number of hydrogen-bond donors (Lipinski definition) is 0. The average Bonchev–Trinajstić information content (AvgIpc) is 2.48. The number of carbonyl (C=O) groups is 2. The van der Waals surface area contributed by atoms with Gasteiger partial charge in [-0.25, -0.2) is 0 Å². The average molecular weight is 294 g/mol. The number of hydrogen-bond acceptors (Lipinski definition) is 3. The van der Waals surface area contributed by atoms with Crippen molar-refractivity contribution in [2.75, 3.05) is 19.6 Å². The van der Waals surface area contributed by atoms with Gasteiger partial charge in [0, 0.05) is 24.5 Å². The molecular formula is C17H30N2O2. The normalized spacial score (nSPS) is 25.0. The van der Waals surface area contributed by atoms with Crippen LogP contribution in [0, 0.1) is 5.92 Å². The molecule has 0 bridgehead atoms. The summed E-state index contributed by atoms with van der Waals surface area (Å²) < 4.78 is 0. The van der Waals surface area contributed by atoms with Gasteiger partial charge >= 0.3 is 0 Å². The highest BCUT2D eigenvalue weighted by molar-refractivity contribution is 5.79. The monoisotopic (exact) mass is 294 g/mol. The van der Waals surface area contributed by atoms with Gasteiger partial charge in [0.15, 0.2) is 0 Å². The first-order valence-electron chi connectivity index (χ1n) is 8.60. The highest BCUT2D eigenvalue weighted by Crippen LogP contribution is 2.25. The van der Waals surface area contributed by atoms with Crippen LogP contribution in [0.25, 0.3) is 0 Å². The first-order chi connectivity index (χ1) is 10.1. The van der Waals surface area contributed by atoms with E-state index in [1.165, 1.54) is 19.3 Å². The van der Waals surface area contributed by atoms with Gasteiger partial charge in [0.25, 0.3) is 0 Å². The van der Waals surface area contributed by atoms with Crippen LogP contribution in [0.1, 0.15) is 58.8 Å². The van der Waals surface area contributed by atoms with Gasteiger partial charge in [0.05, 0.1) is 6.54 Å². The van der Waals surface area contributed by atoms with E-state index in [9.17, 15) is 9.59 Å². The molecule has 1 aliphatic carbocycles. The Bertz CT molecular complexity index is 351. The van der Waals surface area contributed by atoms with E-state index in [4.69, 9.17) is 0 Å². The third-order valence-electron chi connectivity index (χ3n) is 4.91. The van der Waals surface area contributed by atoms with Crippen molar-refractivity contribution in [3.8, 4) is 0 Å². The fourth-order valence-electron chi connectivity index (χ4n) is 3.89. The van der Waals surface area contributed by atoms with E-state index in [0.29, 0.717) is 12.6 Å². The van der Waals surface area contributed by atoms with Crippen LogP contribution in [0.2, 0.25) is 0 Å². The molecule has 1 atom stereocenters. The minimum absolute atomic E-state index is 0.119. The van der Waals surface area contributed by atoms with E-state index in [0.717, 1.165) is 45.1 Å². The molecule has 21 heavy (non-hydrogen) atoms. The predicted octanol–water partition coefficient (Wildman–Crippen LogP) is 2.47. The Morgan fingerprint density at radius 2 is 1.90 bits per heavy atom. The summed E-state index contributed by atoms with van der Waals surface area (Å²) in [5.74, 6) is 0.372. The van der Waals surface area contributed by atoms with Crippen molar-refractivity contribution in [2.45, 2.75) is 70.9 Å². The lowest BCUT2D eigenvalue weighted by atomic mass is 9.93. The molecule has 2 rings (SSSR count). The van der Waals surface area contributed by atoms with E-state index >= 15 is 0 Å². The van der Waals surface area contributed by atoms with E-state index in [1.54, 1.807) is 0 Å². The maximum atomic E-state index is 12.7. The molecule has 0 aromatic carbocycles. The Morgan fingerprint density at radius 3 is 2.52 bits per heavy atom. The lowest BCUT2D eigenvalue weighted by Crippen LogP contribution is -2.51. The predicted molar refractivity (Wildman–Crippen MR) is 84.1 cm³/mol. The van der Waals surface area contributed by atoms with Crippen LogP contribution in [0.15, 0.2) is 0 Å². The first kappa shape index (κ1) is 16.5. The number of nitrogens with zero attached hydrogens (tertiary/aromatic N) is 2. The molecule has 0 radical (unpaired) electrons. The van der Waals surface area contributed by atoms with Crippen molar-refractivity contribution < 1.29 is 9.59 Å². The molecule has 0 aromatic rings. The second-order valence-electron chi connectivity index (χ2n) is 6.96. The fraction of sp³-hybridized carbons (Fsp3) is 0.882. The lowest BCUT2D eigenvalue weighted by molar-refractivity contribution is -0.138. The minimum atomic E-state index is 0.119. The quantitative estimate of drug-likeness (QED) is 0.731. The molecule has 1 heterocycles. The van der Waals surface area contributed by atoms with Crippen molar-refractivity contribution in [1.82, 2.24) is 9.80 Å². The van der Waals surface area contributed by atoms with Crippen LogP contribution in [0.5, 0.6) is 0 Å². The summed E-state index contributed by atoms with van der Waals surface area (Å²) in [5.41, 5.74) is 0. The van der Waals surface area contributed by atoms with Gasteiger partial charge in [-0.2, -0.15) is 0 Å². The Labute approximate surface area is 128 Å². The molecule has 2 aliphatic rings. The summed E-state index contributed by atoms with van der Waals surface area (Å²) in [6, 6.07) is 0.699. The van der Waals surface area contributed by atoms with Crippen molar-refractivity contribution in [1.29, 1.82) is 0 Å². The zero-order valence-corrected chi connectivity index (χ0v) is 13.6. The molecule has 4 nitrogen and oxygen atoms in total. The van der Waals surface area contributed by atoms with Crippen molar-refractivity contribution in [3.63, 3.8) is 0 Å². The molecule has 1 unspecified atom stereocenters. The van der Waals surface area contributed by atoms with Gasteiger partial charge in [-0.3, -0.25) is 9.69 Å². The highest BCUT2D eigenvalue weighted by atomic mass is 16.2. The van der Waals surface area contributed by atoms with Crippen LogP contribution in [-0.4, -0.2) is 53.7 Å². The smallest absolute Gasteiger partial charge is 0.237 e. The highest BCUT2D eigenvalue weighted by Gasteiger charge is 2.29. The number of amides is 1. The summed E-state index contributed by atoms with van der Waals surface area (Å²) in [5, 5.41) is 0. The summed E-state index contributed by atoms with van der Waals surface area (Å²) in [6.07, 6.45) is 9.17. The van der Waals surface area contributed by atoms with Gasteiger partial charge in [0.1, 0.15) is 6.29 Å². The molecule has 0 spiro atoms. The Balaban J connectivity index is 1.93. The van der Waals surface area contributed by atoms with Crippen molar-refractivity contribution in [3.05, 3.63) is 0 Å². The van der Waals surface area contributed by atoms with E-state index in [-0.39, 0.29) is 17.9 Å². The van der Waals surface area contributed by atoms with E-state index < -0.39 is 0 Å². The molecule has 4 heteroatoms. The second-order valence-corrected chi connectivity index (χ2v) is 6.96. The molecule has 1 saturated heterocycles. The number of aldehydes is 1. The molecule has 1 aliphatic heterocycles. The Kier molecular flexibility index (Phi) is 6.22. The molecule has 1 saturated carbocycles. The molecule has 1 amide bonds. The van der Waals surface area contributed by atoms with Crippen LogP contribution in [-0.2, 0) is 9.59 Å². The van der Waals surface area contributed by atoms with Gasteiger partial charge in [0.2, 0.25) is 5.91 Å². The number of carbonyl (C=O) groups excluding carboxylic acids is 2. The van der Waals surface area contributed by atoms with Crippen LogP contribution in [0.3, 0.4) is 0 Å². The van der Waals surface area contributed by atoms with Crippen LogP contribution < -0.4 is 0 Å². The van der Waals surface area contributed by atoms with Crippen LogP contribution in [0.4, 0.5) is 0 Å². The summed E-state index contributed by atoms with van der Waals surface area (Å²) in [6.45, 7) is 6.44. The molecule has 0 aromatic heterocycles. The first-order valence-corrected chi connectivity index (χ1v) is 8.60. The maximum Gasteiger partial charge on any atom is 0.237 e. The molecule has 0 N–H and O–H groups in total. The fourth-order valence-corrected chi connectivity index (χ4v) is 3.89. The van der Waals surface area contributed by atoms with Gasteiger partial charge in [-0.05, 0) is 46.1 Å². The third-order valence-corrected chi connectivity index (χ3v) is 4.91. The SMILES string of the molecule is CC(C)N(C(=O)CN1CCCC(C=O)C1)C1CCCCC1. The summed E-state index contributed by atoms with van der Waals surface area (Å²) >= 11 is 0. The minimum Gasteiger partial charge on any atom is -0.336 e. The third kappa shape index (κ3) is 4.53. The summed E-state index contributed by atoms with van der Waals surface area (Å²) in [4.78, 5) is 28.0. The number of piperidine rings is 1.